The molecule has 0 bridgehead atoms. The predicted octanol–water partition coefficient (Wildman–Crippen LogP) is 2.22. The quantitative estimate of drug-likeness (QED) is 0.858. The first-order chi connectivity index (χ1) is 11.6. The van der Waals surface area contributed by atoms with Gasteiger partial charge in [0, 0.05) is 25.0 Å². The number of rotatable bonds is 2. The summed E-state index contributed by atoms with van der Waals surface area (Å²) in [6.07, 6.45) is 2.76. The summed E-state index contributed by atoms with van der Waals surface area (Å²) in [6.45, 7) is 3.55. The summed E-state index contributed by atoms with van der Waals surface area (Å²) >= 11 is 0. The summed E-state index contributed by atoms with van der Waals surface area (Å²) in [5, 5.41) is 8.30. The van der Waals surface area contributed by atoms with Crippen molar-refractivity contribution in [3.8, 4) is 0 Å². The second kappa shape index (κ2) is 6.02. The van der Waals surface area contributed by atoms with Gasteiger partial charge in [-0.15, -0.1) is 0 Å². The third-order valence-electron chi connectivity index (χ3n) is 5.00. The smallest absolute Gasteiger partial charge is 0.235 e. The zero-order valence-electron chi connectivity index (χ0n) is 13.7. The fourth-order valence-corrected chi connectivity index (χ4v) is 3.69. The average molecular weight is 327 g/mol. The Hall–Kier alpha value is -2.21. The molecule has 2 aromatic rings. The lowest BCUT2D eigenvalue weighted by molar-refractivity contribution is -0.134. The molecule has 2 amide bonds. The SMILES string of the molecule is Cc1ccc2c(C3CCC(=O)NC3=O)nn(C3CCOCC3)c2c1. The monoisotopic (exact) mass is 327 g/mol. The van der Waals surface area contributed by atoms with E-state index in [1.165, 1.54) is 5.56 Å². The van der Waals surface area contributed by atoms with Crippen molar-refractivity contribution in [3.05, 3.63) is 29.5 Å². The molecule has 24 heavy (non-hydrogen) atoms. The van der Waals surface area contributed by atoms with Crippen molar-refractivity contribution in [2.75, 3.05) is 13.2 Å². The van der Waals surface area contributed by atoms with Gasteiger partial charge in [0.15, 0.2) is 0 Å². The van der Waals surface area contributed by atoms with E-state index in [4.69, 9.17) is 9.84 Å². The van der Waals surface area contributed by atoms with Gasteiger partial charge in [0.1, 0.15) is 0 Å². The molecule has 2 aliphatic heterocycles. The zero-order valence-corrected chi connectivity index (χ0v) is 13.7. The van der Waals surface area contributed by atoms with Gasteiger partial charge in [-0.05, 0) is 37.8 Å². The van der Waals surface area contributed by atoms with Crippen molar-refractivity contribution in [2.24, 2.45) is 0 Å². The van der Waals surface area contributed by atoms with Crippen LogP contribution in [0.1, 0.15) is 48.9 Å². The minimum atomic E-state index is -0.353. The third-order valence-corrected chi connectivity index (χ3v) is 5.00. The number of fused-ring (bicyclic) bond motifs is 1. The zero-order chi connectivity index (χ0) is 16.7. The number of carbonyl (C=O) groups is 2. The minimum absolute atomic E-state index is 0.194. The molecule has 0 saturated carbocycles. The van der Waals surface area contributed by atoms with Gasteiger partial charge in [0.2, 0.25) is 11.8 Å². The van der Waals surface area contributed by atoms with Crippen LogP contribution in [0.25, 0.3) is 10.9 Å². The van der Waals surface area contributed by atoms with Crippen LogP contribution in [0.5, 0.6) is 0 Å². The highest BCUT2D eigenvalue weighted by molar-refractivity contribution is 6.02. The molecule has 2 aliphatic rings. The van der Waals surface area contributed by atoms with Crippen LogP contribution in [0.4, 0.5) is 0 Å². The fourth-order valence-electron chi connectivity index (χ4n) is 3.69. The maximum Gasteiger partial charge on any atom is 0.235 e. The van der Waals surface area contributed by atoms with E-state index in [1.807, 2.05) is 12.1 Å². The van der Waals surface area contributed by atoms with Gasteiger partial charge in [-0.1, -0.05) is 12.1 Å². The maximum atomic E-state index is 12.3. The highest BCUT2D eigenvalue weighted by Crippen LogP contribution is 2.34. The first kappa shape index (κ1) is 15.3. The molecule has 0 aliphatic carbocycles. The summed E-state index contributed by atoms with van der Waals surface area (Å²) in [4.78, 5) is 23.7. The van der Waals surface area contributed by atoms with Crippen molar-refractivity contribution in [2.45, 2.75) is 44.6 Å². The van der Waals surface area contributed by atoms with Crippen LogP contribution in [0.15, 0.2) is 18.2 Å². The molecule has 2 fully saturated rings. The topological polar surface area (TPSA) is 73.2 Å². The molecule has 1 aromatic heterocycles. The molecule has 0 radical (unpaired) electrons. The number of aromatic nitrogens is 2. The summed E-state index contributed by atoms with van der Waals surface area (Å²) < 4.78 is 7.54. The molecule has 6 nitrogen and oxygen atoms in total. The fraction of sp³-hybridized carbons (Fsp3) is 0.500. The number of aryl methyl sites for hydroxylation is 1. The van der Waals surface area contributed by atoms with E-state index in [2.05, 4.69) is 23.0 Å². The van der Waals surface area contributed by atoms with E-state index < -0.39 is 0 Å². The molecule has 1 unspecified atom stereocenters. The van der Waals surface area contributed by atoms with Gasteiger partial charge in [-0.25, -0.2) is 0 Å². The Morgan fingerprint density at radius 1 is 1.21 bits per heavy atom. The van der Waals surface area contributed by atoms with Crippen molar-refractivity contribution >= 4 is 22.7 Å². The van der Waals surface area contributed by atoms with Crippen molar-refractivity contribution < 1.29 is 14.3 Å². The number of nitrogens with zero attached hydrogens (tertiary/aromatic N) is 2. The number of benzene rings is 1. The van der Waals surface area contributed by atoms with Crippen LogP contribution in [0, 0.1) is 6.92 Å². The number of carbonyl (C=O) groups excluding carboxylic acids is 2. The van der Waals surface area contributed by atoms with E-state index in [1.54, 1.807) is 0 Å². The minimum Gasteiger partial charge on any atom is -0.381 e. The van der Waals surface area contributed by atoms with Crippen LogP contribution < -0.4 is 5.32 Å². The van der Waals surface area contributed by atoms with Gasteiger partial charge < -0.3 is 4.74 Å². The largest absolute Gasteiger partial charge is 0.381 e. The van der Waals surface area contributed by atoms with Gasteiger partial charge in [0.05, 0.1) is 23.2 Å². The van der Waals surface area contributed by atoms with Gasteiger partial charge in [-0.2, -0.15) is 5.10 Å². The number of hydrogen-bond donors (Lipinski definition) is 1. The number of ether oxygens (including phenoxy) is 1. The molecule has 4 rings (SSSR count). The molecular formula is C18H21N3O3. The maximum absolute atomic E-state index is 12.3. The highest BCUT2D eigenvalue weighted by Gasteiger charge is 2.32. The second-order valence-electron chi connectivity index (χ2n) is 6.70. The molecule has 1 N–H and O–H groups in total. The Morgan fingerprint density at radius 2 is 2.00 bits per heavy atom. The van der Waals surface area contributed by atoms with Crippen molar-refractivity contribution in [1.82, 2.24) is 15.1 Å². The van der Waals surface area contributed by atoms with Gasteiger partial charge >= 0.3 is 0 Å². The Morgan fingerprint density at radius 3 is 2.75 bits per heavy atom. The van der Waals surface area contributed by atoms with Crippen molar-refractivity contribution in [1.29, 1.82) is 0 Å². The predicted molar refractivity (Wildman–Crippen MR) is 88.7 cm³/mol. The Bertz CT molecular complexity index is 805. The average Bonchev–Trinajstić information content (AvgIpc) is 2.94. The molecule has 1 atom stereocenters. The number of piperidine rings is 1. The summed E-state index contributed by atoms with van der Waals surface area (Å²) in [5.41, 5.74) is 3.04. The van der Waals surface area contributed by atoms with E-state index in [-0.39, 0.29) is 17.7 Å². The number of imide groups is 1. The Kier molecular flexibility index (Phi) is 3.84. The van der Waals surface area contributed by atoms with E-state index >= 15 is 0 Å². The second-order valence-corrected chi connectivity index (χ2v) is 6.70. The first-order valence-corrected chi connectivity index (χ1v) is 8.53. The van der Waals surface area contributed by atoms with Gasteiger partial charge in [-0.3, -0.25) is 19.6 Å². The van der Waals surface area contributed by atoms with E-state index in [0.29, 0.717) is 18.9 Å². The molecule has 2 saturated heterocycles. The van der Waals surface area contributed by atoms with E-state index in [0.717, 1.165) is 42.7 Å². The molecule has 0 spiro atoms. The van der Waals surface area contributed by atoms with Crippen LogP contribution in [-0.4, -0.2) is 34.8 Å². The third kappa shape index (κ3) is 2.60. The Labute approximate surface area is 140 Å². The lowest BCUT2D eigenvalue weighted by Gasteiger charge is -2.23. The molecule has 6 heteroatoms. The van der Waals surface area contributed by atoms with Gasteiger partial charge in [0.25, 0.3) is 0 Å². The number of hydrogen-bond acceptors (Lipinski definition) is 4. The highest BCUT2D eigenvalue weighted by atomic mass is 16.5. The molecule has 3 heterocycles. The molecule has 1 aromatic carbocycles. The van der Waals surface area contributed by atoms with Crippen LogP contribution in [-0.2, 0) is 14.3 Å². The molecule has 126 valence electrons. The number of nitrogens with one attached hydrogen (secondary N) is 1. The lowest BCUT2D eigenvalue weighted by atomic mass is 9.92. The molecular weight excluding hydrogens is 306 g/mol. The van der Waals surface area contributed by atoms with Crippen molar-refractivity contribution in [3.63, 3.8) is 0 Å². The standard InChI is InChI=1S/C18H21N3O3/c1-11-2-3-13-15(10-11)21(12-6-8-24-9-7-12)20-17(13)14-4-5-16(22)19-18(14)23/h2-3,10,12,14H,4-9H2,1H3,(H,19,22,23). The van der Waals surface area contributed by atoms with Crippen LogP contribution in [0.3, 0.4) is 0 Å². The first-order valence-electron chi connectivity index (χ1n) is 8.53. The normalized spacial score (nSPS) is 22.8. The summed E-state index contributed by atoms with van der Waals surface area (Å²) in [5.74, 6) is -0.778. The van der Waals surface area contributed by atoms with Crippen LogP contribution in [0.2, 0.25) is 0 Å². The van der Waals surface area contributed by atoms with Crippen LogP contribution >= 0.6 is 0 Å². The number of amides is 2. The Balaban J connectivity index is 1.81. The lowest BCUT2D eigenvalue weighted by Crippen LogP contribution is -2.39. The summed E-state index contributed by atoms with van der Waals surface area (Å²) in [6, 6.07) is 6.53. The summed E-state index contributed by atoms with van der Waals surface area (Å²) in [7, 11) is 0. The van der Waals surface area contributed by atoms with E-state index in [9.17, 15) is 9.59 Å².